The van der Waals surface area contributed by atoms with Crippen LogP contribution in [0.2, 0.25) is 0 Å². The number of amides is 1. The van der Waals surface area contributed by atoms with Gasteiger partial charge in [0.1, 0.15) is 11.5 Å². The van der Waals surface area contributed by atoms with Crippen molar-refractivity contribution >= 4 is 22.1 Å². The Balaban J connectivity index is 1.47. The van der Waals surface area contributed by atoms with Crippen molar-refractivity contribution in [2.45, 2.75) is 38.3 Å². The van der Waals surface area contributed by atoms with E-state index >= 15 is 0 Å². The van der Waals surface area contributed by atoms with E-state index in [0.29, 0.717) is 11.5 Å². The van der Waals surface area contributed by atoms with Gasteiger partial charge in [-0.15, -0.1) is 0 Å². The fourth-order valence-electron chi connectivity index (χ4n) is 3.69. The molecule has 8 heteroatoms. The van der Waals surface area contributed by atoms with Crippen molar-refractivity contribution < 1.29 is 17.6 Å². The van der Waals surface area contributed by atoms with Crippen LogP contribution in [0.25, 0.3) is 0 Å². The van der Waals surface area contributed by atoms with Crippen LogP contribution >= 0.6 is 0 Å². The lowest BCUT2D eigenvalue weighted by Crippen LogP contribution is -2.30. The van der Waals surface area contributed by atoms with Crippen molar-refractivity contribution in [1.82, 2.24) is 9.73 Å². The molecule has 0 saturated heterocycles. The number of hydrogen-bond donors (Lipinski definition) is 1. The quantitative estimate of drug-likeness (QED) is 0.238. The zero-order chi connectivity index (χ0) is 26.3. The Labute approximate surface area is 217 Å². The van der Waals surface area contributed by atoms with Crippen LogP contribution in [0.15, 0.2) is 105 Å². The van der Waals surface area contributed by atoms with Crippen molar-refractivity contribution in [2.75, 3.05) is 0 Å². The molecule has 37 heavy (non-hydrogen) atoms. The molecule has 0 bridgehead atoms. The molecule has 4 aromatic rings. The highest BCUT2D eigenvalue weighted by molar-refractivity contribution is 7.89. The molecule has 1 amide bonds. The predicted molar refractivity (Wildman–Crippen MR) is 143 cm³/mol. The van der Waals surface area contributed by atoms with Gasteiger partial charge in [-0.25, -0.2) is 13.8 Å². The van der Waals surface area contributed by atoms with Crippen LogP contribution in [-0.2, 0) is 34.3 Å². The summed E-state index contributed by atoms with van der Waals surface area (Å²) < 4.78 is 34.3. The lowest BCUT2D eigenvalue weighted by Gasteiger charge is -2.21. The molecule has 1 aromatic heterocycles. The number of carbonyl (C=O) groups excluding carboxylic acids is 1. The van der Waals surface area contributed by atoms with Gasteiger partial charge in [0.2, 0.25) is 15.9 Å². The van der Waals surface area contributed by atoms with Gasteiger partial charge in [-0.1, -0.05) is 77.9 Å². The normalized spacial score (nSPS) is 11.8. The van der Waals surface area contributed by atoms with E-state index in [4.69, 9.17) is 4.42 Å². The van der Waals surface area contributed by atoms with Gasteiger partial charge >= 0.3 is 0 Å². The van der Waals surface area contributed by atoms with Gasteiger partial charge in [0, 0.05) is 6.54 Å². The first-order valence-corrected chi connectivity index (χ1v) is 13.3. The van der Waals surface area contributed by atoms with Crippen LogP contribution in [-0.4, -0.2) is 24.8 Å². The Morgan fingerprint density at radius 3 is 2.16 bits per heavy atom. The molecule has 0 aliphatic rings. The molecule has 0 aliphatic heterocycles. The highest BCUT2D eigenvalue weighted by atomic mass is 32.2. The maximum absolute atomic E-state index is 13.5. The van der Waals surface area contributed by atoms with E-state index in [0.717, 1.165) is 22.3 Å². The average molecular weight is 516 g/mol. The number of furan rings is 1. The number of aryl methyl sites for hydroxylation is 2. The molecule has 0 spiro atoms. The molecular weight excluding hydrogens is 486 g/mol. The number of carbonyl (C=O) groups is 1. The van der Waals surface area contributed by atoms with Crippen LogP contribution in [0, 0.1) is 13.8 Å². The van der Waals surface area contributed by atoms with Gasteiger partial charge in [-0.05, 0) is 49.2 Å². The standard InChI is InChI=1S/C29H29N3O4S/c1-22-8-12-25(13-9-22)20-32(37(34,35)28-16-10-23(2)11-17-28)21-27-15-14-26(36-27)19-30-31-29(33)18-24-6-4-3-5-7-24/h3-17,19H,18,20-21H2,1-2H3,(H,31,33)/b30-19-. The van der Waals surface area contributed by atoms with E-state index in [2.05, 4.69) is 10.5 Å². The molecule has 0 atom stereocenters. The summed E-state index contributed by atoms with van der Waals surface area (Å²) in [5, 5.41) is 3.96. The van der Waals surface area contributed by atoms with Gasteiger partial charge in [-0.3, -0.25) is 4.79 Å². The third-order valence-electron chi connectivity index (χ3n) is 5.74. The van der Waals surface area contributed by atoms with E-state index < -0.39 is 10.0 Å². The first-order valence-electron chi connectivity index (χ1n) is 11.9. The third kappa shape index (κ3) is 7.25. The lowest BCUT2D eigenvalue weighted by atomic mass is 10.1. The molecule has 1 heterocycles. The highest BCUT2D eigenvalue weighted by Gasteiger charge is 2.26. The minimum atomic E-state index is -3.79. The lowest BCUT2D eigenvalue weighted by molar-refractivity contribution is -0.120. The van der Waals surface area contributed by atoms with E-state index in [1.165, 1.54) is 10.5 Å². The van der Waals surface area contributed by atoms with E-state index in [-0.39, 0.29) is 30.3 Å². The molecule has 1 N–H and O–H groups in total. The van der Waals surface area contributed by atoms with Gasteiger partial charge in [0.15, 0.2) is 0 Å². The summed E-state index contributed by atoms with van der Waals surface area (Å²) >= 11 is 0. The maximum atomic E-state index is 13.5. The van der Waals surface area contributed by atoms with Gasteiger partial charge in [0.05, 0.1) is 24.1 Å². The van der Waals surface area contributed by atoms with Crippen LogP contribution in [0.1, 0.15) is 33.8 Å². The summed E-state index contributed by atoms with van der Waals surface area (Å²) in [6.45, 7) is 4.13. The minimum Gasteiger partial charge on any atom is -0.459 e. The van der Waals surface area contributed by atoms with Crippen molar-refractivity contribution in [3.8, 4) is 0 Å². The fourth-order valence-corrected chi connectivity index (χ4v) is 5.09. The summed E-state index contributed by atoms with van der Waals surface area (Å²) in [5.41, 5.74) is 6.32. The molecule has 190 valence electrons. The molecular formula is C29H29N3O4S. The number of hydrogen-bond acceptors (Lipinski definition) is 5. The Hall–Kier alpha value is -4.01. The first kappa shape index (κ1) is 26.1. The van der Waals surface area contributed by atoms with Crippen LogP contribution < -0.4 is 5.43 Å². The summed E-state index contributed by atoms with van der Waals surface area (Å²) in [4.78, 5) is 12.3. The second-order valence-corrected chi connectivity index (χ2v) is 10.8. The third-order valence-corrected chi connectivity index (χ3v) is 7.55. The number of hydrazone groups is 1. The summed E-state index contributed by atoms with van der Waals surface area (Å²) in [6.07, 6.45) is 1.61. The number of nitrogens with zero attached hydrogens (tertiary/aromatic N) is 2. The SMILES string of the molecule is Cc1ccc(CN(Cc2ccc(/C=N\NC(=O)Cc3ccccc3)o2)S(=O)(=O)c2ccc(C)cc2)cc1. The van der Waals surface area contributed by atoms with Crippen LogP contribution in [0.3, 0.4) is 0 Å². The monoisotopic (exact) mass is 515 g/mol. The van der Waals surface area contributed by atoms with Gasteiger partial charge in [0.25, 0.3) is 0 Å². The van der Waals surface area contributed by atoms with Gasteiger partial charge < -0.3 is 4.42 Å². The highest BCUT2D eigenvalue weighted by Crippen LogP contribution is 2.22. The summed E-state index contributed by atoms with van der Waals surface area (Å²) in [5.74, 6) is 0.612. The number of nitrogens with one attached hydrogen (secondary N) is 1. The smallest absolute Gasteiger partial charge is 0.244 e. The number of rotatable bonds is 10. The summed E-state index contributed by atoms with van der Waals surface area (Å²) in [6, 6.07) is 27.3. The molecule has 4 rings (SSSR count). The Morgan fingerprint density at radius 2 is 1.49 bits per heavy atom. The molecule has 0 aliphatic carbocycles. The zero-order valence-electron chi connectivity index (χ0n) is 20.8. The molecule has 0 radical (unpaired) electrons. The Kier molecular flexibility index (Phi) is 8.32. The number of sulfonamides is 1. The second kappa shape index (κ2) is 11.8. The Morgan fingerprint density at radius 1 is 0.838 bits per heavy atom. The zero-order valence-corrected chi connectivity index (χ0v) is 21.6. The number of benzene rings is 3. The van der Waals surface area contributed by atoms with Crippen molar-refractivity contribution in [2.24, 2.45) is 5.10 Å². The summed E-state index contributed by atoms with van der Waals surface area (Å²) in [7, 11) is -3.79. The molecule has 0 saturated carbocycles. The van der Waals surface area contributed by atoms with E-state index in [9.17, 15) is 13.2 Å². The van der Waals surface area contributed by atoms with Crippen LogP contribution in [0.4, 0.5) is 0 Å². The van der Waals surface area contributed by atoms with Crippen molar-refractivity contribution in [3.63, 3.8) is 0 Å². The minimum absolute atomic E-state index is 0.0400. The van der Waals surface area contributed by atoms with E-state index in [1.807, 2.05) is 68.4 Å². The molecule has 7 nitrogen and oxygen atoms in total. The first-order chi connectivity index (χ1) is 17.8. The van der Waals surface area contributed by atoms with E-state index in [1.54, 1.807) is 36.4 Å². The van der Waals surface area contributed by atoms with Crippen molar-refractivity contribution in [3.05, 3.63) is 125 Å². The average Bonchev–Trinajstić information content (AvgIpc) is 3.33. The Bertz CT molecular complexity index is 1460. The second-order valence-electron chi connectivity index (χ2n) is 8.83. The predicted octanol–water partition coefficient (Wildman–Crippen LogP) is 4.98. The molecule has 0 fully saturated rings. The largest absolute Gasteiger partial charge is 0.459 e. The maximum Gasteiger partial charge on any atom is 0.244 e. The topological polar surface area (TPSA) is 92.0 Å². The van der Waals surface area contributed by atoms with Crippen LogP contribution in [0.5, 0.6) is 0 Å². The van der Waals surface area contributed by atoms with Gasteiger partial charge in [-0.2, -0.15) is 9.41 Å². The fraction of sp³-hybridized carbons (Fsp3) is 0.172. The molecule has 0 unspecified atom stereocenters. The molecule has 3 aromatic carbocycles. The van der Waals surface area contributed by atoms with Crippen molar-refractivity contribution in [1.29, 1.82) is 0 Å².